The number of hydrogen-bond acceptors (Lipinski definition) is 2. The molecule has 2 nitrogen and oxygen atoms in total. The van der Waals surface area contributed by atoms with E-state index in [4.69, 9.17) is 10.2 Å². The van der Waals surface area contributed by atoms with Crippen LogP contribution in [0.1, 0.15) is 12.0 Å². The molecule has 2 N–H and O–H groups in total. The summed E-state index contributed by atoms with van der Waals surface area (Å²) in [6.45, 7) is -0.364. The number of rotatable bonds is 4. The maximum absolute atomic E-state index is 13.0. The van der Waals surface area contributed by atoms with E-state index in [1.807, 2.05) is 0 Å². The molecule has 0 saturated heterocycles. The fourth-order valence-corrected chi connectivity index (χ4v) is 1.15. The molecule has 78 valence electrons. The summed E-state index contributed by atoms with van der Waals surface area (Å²) in [4.78, 5) is 0. The summed E-state index contributed by atoms with van der Waals surface area (Å²) in [5.74, 6) is -0.989. The van der Waals surface area contributed by atoms with Crippen molar-refractivity contribution in [1.29, 1.82) is 0 Å². The fraction of sp³-hybridized carbons (Fsp3) is 0.400. The smallest absolute Gasteiger partial charge is 0.126 e. The van der Waals surface area contributed by atoms with Gasteiger partial charge in [-0.3, -0.25) is 0 Å². The molecular weight excluding hydrogens is 190 g/mol. The van der Waals surface area contributed by atoms with Crippen molar-refractivity contribution in [2.24, 2.45) is 0 Å². The topological polar surface area (TPSA) is 40.5 Å². The summed E-state index contributed by atoms with van der Waals surface area (Å²) >= 11 is 0. The Morgan fingerprint density at radius 1 is 1.29 bits per heavy atom. The van der Waals surface area contributed by atoms with Gasteiger partial charge in [-0.15, -0.1) is 0 Å². The Balaban J connectivity index is 2.62. The molecule has 14 heavy (non-hydrogen) atoms. The monoisotopic (exact) mass is 202 g/mol. The Bertz CT molecular complexity index is 302. The van der Waals surface area contributed by atoms with Gasteiger partial charge in [0.2, 0.25) is 0 Å². The van der Waals surface area contributed by atoms with E-state index in [0.29, 0.717) is 0 Å². The maximum Gasteiger partial charge on any atom is 0.126 e. The van der Waals surface area contributed by atoms with Gasteiger partial charge >= 0.3 is 0 Å². The fourth-order valence-electron chi connectivity index (χ4n) is 1.15. The molecule has 0 fully saturated rings. The number of aliphatic hydroxyl groups is 2. The lowest BCUT2D eigenvalue weighted by Gasteiger charge is -2.07. The van der Waals surface area contributed by atoms with Crippen LogP contribution in [0.25, 0.3) is 0 Å². The minimum absolute atomic E-state index is 0.214. The van der Waals surface area contributed by atoms with Crippen molar-refractivity contribution in [1.82, 2.24) is 0 Å². The molecule has 0 heterocycles. The number of hydrogen-bond donors (Lipinski definition) is 2. The molecule has 1 atom stereocenters. The van der Waals surface area contributed by atoms with Crippen LogP contribution in [0.15, 0.2) is 18.2 Å². The molecule has 0 aliphatic rings. The van der Waals surface area contributed by atoms with E-state index in [1.54, 1.807) is 0 Å². The summed E-state index contributed by atoms with van der Waals surface area (Å²) in [7, 11) is 0. The van der Waals surface area contributed by atoms with E-state index in [-0.39, 0.29) is 25.0 Å². The van der Waals surface area contributed by atoms with Crippen molar-refractivity contribution >= 4 is 0 Å². The van der Waals surface area contributed by atoms with Gasteiger partial charge in [0.25, 0.3) is 0 Å². The van der Waals surface area contributed by atoms with Crippen molar-refractivity contribution in [3.63, 3.8) is 0 Å². The first-order valence-electron chi connectivity index (χ1n) is 4.36. The Morgan fingerprint density at radius 2 is 2.00 bits per heavy atom. The van der Waals surface area contributed by atoms with Crippen molar-refractivity contribution in [2.75, 3.05) is 6.61 Å². The van der Waals surface area contributed by atoms with Crippen LogP contribution in [0.2, 0.25) is 0 Å². The van der Waals surface area contributed by atoms with E-state index in [0.717, 1.165) is 18.2 Å². The molecule has 0 radical (unpaired) electrons. The molecule has 0 aromatic heterocycles. The van der Waals surface area contributed by atoms with Crippen molar-refractivity contribution in [3.05, 3.63) is 35.4 Å². The highest BCUT2D eigenvalue weighted by molar-refractivity contribution is 5.18. The molecule has 0 bridgehead atoms. The summed E-state index contributed by atoms with van der Waals surface area (Å²) in [6, 6.07) is 3.19. The quantitative estimate of drug-likeness (QED) is 0.771. The van der Waals surface area contributed by atoms with E-state index in [9.17, 15) is 8.78 Å². The highest BCUT2D eigenvalue weighted by Crippen LogP contribution is 2.12. The third-order valence-electron chi connectivity index (χ3n) is 1.97. The Kier molecular flexibility index (Phi) is 3.98. The predicted molar refractivity (Wildman–Crippen MR) is 47.8 cm³/mol. The normalized spacial score (nSPS) is 12.9. The van der Waals surface area contributed by atoms with Crippen LogP contribution >= 0.6 is 0 Å². The first kappa shape index (κ1) is 11.1. The van der Waals surface area contributed by atoms with E-state index in [1.165, 1.54) is 0 Å². The van der Waals surface area contributed by atoms with E-state index in [2.05, 4.69) is 0 Å². The van der Waals surface area contributed by atoms with Crippen molar-refractivity contribution in [2.45, 2.75) is 18.9 Å². The van der Waals surface area contributed by atoms with Crippen LogP contribution in [0.5, 0.6) is 0 Å². The number of halogens is 2. The van der Waals surface area contributed by atoms with Gasteiger partial charge in [-0.25, -0.2) is 8.78 Å². The number of aliphatic hydroxyl groups excluding tert-OH is 2. The maximum atomic E-state index is 13.0. The first-order valence-corrected chi connectivity index (χ1v) is 4.36. The lowest BCUT2D eigenvalue weighted by molar-refractivity contribution is 0.0884. The minimum atomic E-state index is -0.877. The van der Waals surface area contributed by atoms with Crippen LogP contribution in [-0.4, -0.2) is 22.9 Å². The molecule has 0 amide bonds. The first-order chi connectivity index (χ1) is 6.63. The summed E-state index contributed by atoms with van der Waals surface area (Å²) < 4.78 is 25.7. The second kappa shape index (κ2) is 5.02. The lowest BCUT2D eigenvalue weighted by atomic mass is 10.1. The van der Waals surface area contributed by atoms with Crippen LogP contribution in [0.4, 0.5) is 8.78 Å². The Morgan fingerprint density at radius 3 is 2.64 bits per heavy atom. The van der Waals surface area contributed by atoms with Gasteiger partial charge in [0.05, 0.1) is 12.7 Å². The summed E-state index contributed by atoms with van der Waals surface area (Å²) in [5.41, 5.74) is 0.220. The molecule has 1 rings (SSSR count). The summed E-state index contributed by atoms with van der Waals surface area (Å²) in [5, 5.41) is 17.5. The van der Waals surface area contributed by atoms with Gasteiger partial charge in [0.15, 0.2) is 0 Å². The third kappa shape index (κ3) is 3.05. The van der Waals surface area contributed by atoms with Crippen molar-refractivity contribution in [3.8, 4) is 0 Å². The van der Waals surface area contributed by atoms with Gasteiger partial charge < -0.3 is 10.2 Å². The molecule has 0 aliphatic heterocycles. The number of benzene rings is 1. The average Bonchev–Trinajstić information content (AvgIpc) is 2.19. The zero-order valence-electron chi connectivity index (χ0n) is 7.58. The average molecular weight is 202 g/mol. The van der Waals surface area contributed by atoms with E-state index < -0.39 is 17.7 Å². The van der Waals surface area contributed by atoms with Crippen LogP contribution in [-0.2, 0) is 6.42 Å². The largest absolute Gasteiger partial charge is 0.394 e. The second-order valence-corrected chi connectivity index (χ2v) is 3.11. The second-order valence-electron chi connectivity index (χ2n) is 3.11. The van der Waals surface area contributed by atoms with Crippen LogP contribution in [0, 0.1) is 11.6 Å². The molecule has 1 aromatic carbocycles. The minimum Gasteiger partial charge on any atom is -0.394 e. The molecule has 4 heteroatoms. The zero-order chi connectivity index (χ0) is 10.6. The lowest BCUT2D eigenvalue weighted by Crippen LogP contribution is -2.13. The molecule has 0 spiro atoms. The Hall–Kier alpha value is -1.00. The molecule has 1 aromatic rings. The molecule has 1 unspecified atom stereocenters. The van der Waals surface area contributed by atoms with Gasteiger partial charge in [0.1, 0.15) is 11.6 Å². The summed E-state index contributed by atoms with van der Waals surface area (Å²) in [6.07, 6.45) is -0.444. The Labute approximate surface area is 80.8 Å². The van der Waals surface area contributed by atoms with Crippen LogP contribution in [0.3, 0.4) is 0 Å². The highest BCUT2D eigenvalue weighted by Gasteiger charge is 2.07. The van der Waals surface area contributed by atoms with Gasteiger partial charge in [-0.2, -0.15) is 0 Å². The van der Waals surface area contributed by atoms with Gasteiger partial charge in [0, 0.05) is 0 Å². The SMILES string of the molecule is OCC(O)CCc1cc(F)ccc1F. The molecular formula is C10H12F2O2. The zero-order valence-corrected chi connectivity index (χ0v) is 7.58. The molecule has 0 saturated carbocycles. The van der Waals surface area contributed by atoms with Crippen LogP contribution < -0.4 is 0 Å². The molecule has 0 aliphatic carbocycles. The third-order valence-corrected chi connectivity index (χ3v) is 1.97. The standard InChI is InChI=1S/C10H12F2O2/c11-8-2-4-10(12)7(5-8)1-3-9(14)6-13/h2,4-5,9,13-14H,1,3,6H2. The van der Waals surface area contributed by atoms with E-state index >= 15 is 0 Å². The van der Waals surface area contributed by atoms with Gasteiger partial charge in [-0.05, 0) is 36.6 Å². The van der Waals surface area contributed by atoms with Gasteiger partial charge in [-0.1, -0.05) is 0 Å². The predicted octanol–water partition coefficient (Wildman–Crippen LogP) is 1.25. The number of aryl methyl sites for hydroxylation is 1. The van der Waals surface area contributed by atoms with Crippen molar-refractivity contribution < 1.29 is 19.0 Å². The highest BCUT2D eigenvalue weighted by atomic mass is 19.1.